The number of urea groups is 1. The van der Waals surface area contributed by atoms with Crippen molar-refractivity contribution >= 4 is 53.4 Å². The smallest absolute Gasteiger partial charge is 0.307 e. The third-order valence-electron chi connectivity index (χ3n) is 5.75. The Morgan fingerprint density at radius 3 is 1.56 bits per heavy atom. The van der Waals surface area contributed by atoms with Gasteiger partial charge in [-0.2, -0.15) is 0 Å². The summed E-state index contributed by atoms with van der Waals surface area (Å²) in [6.07, 6.45) is 2.93. The molecule has 0 aliphatic rings. The van der Waals surface area contributed by atoms with Crippen LogP contribution in [0.4, 0.5) is 10.5 Å². The molecule has 224 valence electrons. The lowest BCUT2D eigenvalue weighted by Gasteiger charge is -2.20. The van der Waals surface area contributed by atoms with Crippen molar-refractivity contribution in [2.24, 2.45) is 5.14 Å². The average molecular weight is 642 g/mol. The lowest BCUT2D eigenvalue weighted by Crippen LogP contribution is -2.35. The number of hydrogen-bond acceptors (Lipinski definition) is 7. The van der Waals surface area contributed by atoms with E-state index in [1.807, 2.05) is 50.6 Å². The molecule has 0 aromatic heterocycles. The van der Waals surface area contributed by atoms with Gasteiger partial charge in [0.1, 0.15) is 0 Å². The normalized spacial score (nSPS) is 13.2. The molecule has 0 bridgehead atoms. The van der Waals surface area contributed by atoms with Gasteiger partial charge >= 0.3 is 6.03 Å². The zero-order valence-corrected chi connectivity index (χ0v) is 26.8. The molecule has 2 atom stereocenters. The SMILES string of the molecule is CC(C)c1cccc(C(C)C)c1NC(=O)NS(=O)(=O)c1cccc(S(C)=O)c1.CS(=O)c1cccc(S(N)(=O)=O)c1. The first-order chi connectivity index (χ1) is 18.9. The Balaban J connectivity index is 0.000000377. The van der Waals surface area contributed by atoms with Crippen molar-refractivity contribution in [1.29, 1.82) is 0 Å². The van der Waals surface area contributed by atoms with Crippen LogP contribution in [0, 0.1) is 0 Å². The Morgan fingerprint density at radius 2 is 1.15 bits per heavy atom. The molecule has 3 aromatic rings. The van der Waals surface area contributed by atoms with Gasteiger partial charge in [-0.1, -0.05) is 58.0 Å². The molecule has 0 heterocycles. The number of para-hydroxylation sites is 1. The number of hydrogen-bond donors (Lipinski definition) is 3. The van der Waals surface area contributed by atoms with E-state index in [0.29, 0.717) is 15.5 Å². The molecule has 41 heavy (non-hydrogen) atoms. The van der Waals surface area contributed by atoms with Gasteiger partial charge in [0.2, 0.25) is 10.0 Å². The molecule has 0 saturated carbocycles. The summed E-state index contributed by atoms with van der Waals surface area (Å²) in [5.74, 6) is 0.309. The number of anilines is 1. The Labute approximate surface area is 247 Å². The zero-order valence-electron chi connectivity index (χ0n) is 23.6. The Morgan fingerprint density at radius 1 is 0.732 bits per heavy atom. The maximum atomic E-state index is 12.6. The molecule has 3 rings (SSSR count). The summed E-state index contributed by atoms with van der Waals surface area (Å²) in [5, 5.41) is 7.61. The average Bonchev–Trinajstić information content (AvgIpc) is 2.88. The summed E-state index contributed by atoms with van der Waals surface area (Å²) in [7, 11) is -10.3. The summed E-state index contributed by atoms with van der Waals surface area (Å²) in [6, 6.07) is 16.4. The molecule has 10 nitrogen and oxygen atoms in total. The Kier molecular flexibility index (Phi) is 12.0. The minimum Gasteiger partial charge on any atom is -0.307 e. The molecular formula is C27H35N3O7S4. The van der Waals surface area contributed by atoms with Crippen LogP contribution >= 0.6 is 0 Å². The second-order valence-corrected chi connectivity index (χ2v) is 15.6. The van der Waals surface area contributed by atoms with E-state index in [2.05, 4.69) is 5.32 Å². The number of sulfonamides is 2. The van der Waals surface area contributed by atoms with Crippen LogP contribution in [0.15, 0.2) is 86.3 Å². The molecular weight excluding hydrogens is 607 g/mol. The standard InChI is InChI=1S/C20H26N2O4S2.C7H9NO3S2/c1-13(2)17-10-7-11-18(14(3)4)19(17)21-20(23)22-28(25,26)16-9-6-8-15(12-16)27(5)24;1-12(9)6-3-2-4-7(5-6)13(8,10)11/h6-14H,1-5H3,(H2,21,22,23);2-5H,1H3,(H2,8,10,11). The van der Waals surface area contributed by atoms with Crippen LogP contribution in [0.1, 0.15) is 50.7 Å². The van der Waals surface area contributed by atoms with Gasteiger partial charge in [-0.25, -0.2) is 31.5 Å². The number of nitrogens with two attached hydrogens (primary N) is 1. The third-order valence-corrected chi connectivity index (χ3v) is 9.83. The second kappa shape index (κ2) is 14.3. The van der Waals surface area contributed by atoms with Crippen molar-refractivity contribution in [1.82, 2.24) is 4.72 Å². The molecule has 0 aliphatic carbocycles. The lowest BCUT2D eigenvalue weighted by atomic mass is 9.93. The van der Waals surface area contributed by atoms with E-state index in [1.54, 1.807) is 12.1 Å². The fourth-order valence-electron chi connectivity index (χ4n) is 3.67. The maximum absolute atomic E-state index is 12.6. The van der Waals surface area contributed by atoms with Crippen LogP contribution in [0.3, 0.4) is 0 Å². The van der Waals surface area contributed by atoms with E-state index in [4.69, 9.17) is 5.14 Å². The van der Waals surface area contributed by atoms with Crippen LogP contribution < -0.4 is 15.2 Å². The van der Waals surface area contributed by atoms with Crippen LogP contribution in [0.5, 0.6) is 0 Å². The van der Waals surface area contributed by atoms with Crippen molar-refractivity contribution in [3.05, 3.63) is 77.9 Å². The number of carbonyl (C=O) groups excluding carboxylic acids is 1. The molecule has 2 amide bonds. The van der Waals surface area contributed by atoms with Crippen molar-refractivity contribution in [3.63, 3.8) is 0 Å². The molecule has 0 radical (unpaired) electrons. The Hall–Kier alpha value is -2.91. The van der Waals surface area contributed by atoms with E-state index in [-0.39, 0.29) is 21.6 Å². The summed E-state index contributed by atoms with van der Waals surface area (Å²) < 4.78 is 71.6. The predicted octanol–water partition coefficient (Wildman–Crippen LogP) is 4.25. The molecule has 3 aromatic carbocycles. The summed E-state index contributed by atoms with van der Waals surface area (Å²) in [6.45, 7) is 8.04. The van der Waals surface area contributed by atoms with Gasteiger partial charge in [-0.3, -0.25) is 8.42 Å². The first-order valence-corrected chi connectivity index (χ1v) is 18.4. The highest BCUT2D eigenvalue weighted by atomic mass is 32.2. The maximum Gasteiger partial charge on any atom is 0.333 e. The van der Waals surface area contributed by atoms with Gasteiger partial charge in [0.15, 0.2) is 0 Å². The van der Waals surface area contributed by atoms with Gasteiger partial charge in [-0.05, 0) is 59.4 Å². The predicted molar refractivity (Wildman–Crippen MR) is 163 cm³/mol. The quantitative estimate of drug-likeness (QED) is 0.330. The second-order valence-electron chi connectivity index (χ2n) is 9.58. The summed E-state index contributed by atoms with van der Waals surface area (Å²) in [5.41, 5.74) is 2.49. The molecule has 4 N–H and O–H groups in total. The highest BCUT2D eigenvalue weighted by Gasteiger charge is 2.21. The van der Waals surface area contributed by atoms with Crippen LogP contribution in [0.25, 0.3) is 0 Å². The van der Waals surface area contributed by atoms with Crippen molar-refractivity contribution < 1.29 is 30.0 Å². The van der Waals surface area contributed by atoms with E-state index in [0.717, 1.165) is 11.1 Å². The van der Waals surface area contributed by atoms with Gasteiger partial charge < -0.3 is 5.32 Å². The number of rotatable bonds is 8. The van der Waals surface area contributed by atoms with Crippen molar-refractivity contribution in [2.45, 2.75) is 59.1 Å². The van der Waals surface area contributed by atoms with Gasteiger partial charge in [0, 0.05) is 49.6 Å². The first kappa shape index (κ1) is 34.3. The lowest BCUT2D eigenvalue weighted by molar-refractivity contribution is 0.256. The van der Waals surface area contributed by atoms with Crippen molar-refractivity contribution in [2.75, 3.05) is 17.8 Å². The van der Waals surface area contributed by atoms with E-state index in [1.165, 1.54) is 48.9 Å². The largest absolute Gasteiger partial charge is 0.333 e. The Bertz CT molecular complexity index is 1640. The summed E-state index contributed by atoms with van der Waals surface area (Å²) >= 11 is 0. The zero-order chi connectivity index (χ0) is 31.1. The highest BCUT2D eigenvalue weighted by molar-refractivity contribution is 7.90. The highest BCUT2D eigenvalue weighted by Crippen LogP contribution is 2.32. The van der Waals surface area contributed by atoms with Gasteiger partial charge in [0.25, 0.3) is 10.0 Å². The summed E-state index contributed by atoms with van der Waals surface area (Å²) in [4.78, 5) is 13.2. The number of nitrogens with one attached hydrogen (secondary N) is 2. The van der Waals surface area contributed by atoms with Crippen LogP contribution in [-0.4, -0.2) is 43.8 Å². The van der Waals surface area contributed by atoms with E-state index >= 15 is 0 Å². The fourth-order valence-corrected chi connectivity index (χ4v) is 6.45. The molecule has 14 heteroatoms. The molecule has 0 aliphatic heterocycles. The monoisotopic (exact) mass is 641 g/mol. The van der Waals surface area contributed by atoms with Crippen LogP contribution in [-0.2, 0) is 41.6 Å². The molecule has 0 spiro atoms. The third kappa shape index (κ3) is 9.85. The number of primary sulfonamides is 1. The fraction of sp³-hybridized carbons (Fsp3) is 0.296. The van der Waals surface area contributed by atoms with Crippen molar-refractivity contribution in [3.8, 4) is 0 Å². The minimum atomic E-state index is -4.10. The molecule has 0 fully saturated rings. The topological polar surface area (TPSA) is 170 Å². The van der Waals surface area contributed by atoms with Gasteiger partial charge in [0.05, 0.1) is 9.79 Å². The minimum absolute atomic E-state index is 0.0137. The van der Waals surface area contributed by atoms with Gasteiger partial charge in [-0.15, -0.1) is 0 Å². The molecule has 0 saturated heterocycles. The molecule has 2 unspecified atom stereocenters. The first-order valence-electron chi connectivity index (χ1n) is 12.3. The van der Waals surface area contributed by atoms with E-state index in [9.17, 15) is 30.0 Å². The number of benzene rings is 3. The number of carbonyl (C=O) groups is 1. The van der Waals surface area contributed by atoms with E-state index < -0.39 is 47.7 Å². The number of amides is 2. The van der Waals surface area contributed by atoms with Crippen LogP contribution in [0.2, 0.25) is 0 Å².